The first-order valence-electron chi connectivity index (χ1n) is 5.47. The van der Waals surface area contributed by atoms with E-state index in [4.69, 9.17) is 9.84 Å². The fraction of sp³-hybridized carbons (Fsp3) is 0.700. The minimum absolute atomic E-state index is 0.316. The normalized spacial score (nSPS) is 20.8. The number of carbonyl (C=O) groups excluding carboxylic acids is 2. The fourth-order valence-corrected chi connectivity index (χ4v) is 1.45. The van der Waals surface area contributed by atoms with E-state index in [1.165, 1.54) is 0 Å². The third-order valence-electron chi connectivity index (χ3n) is 2.43. The minimum Gasteiger partial charge on any atom is -0.480 e. The molecule has 1 unspecified atom stereocenters. The molecule has 0 aliphatic carbocycles. The quantitative estimate of drug-likeness (QED) is 0.495. The summed E-state index contributed by atoms with van der Waals surface area (Å²) in [6, 6.07) is -1.31. The van der Waals surface area contributed by atoms with Crippen LogP contribution < -0.4 is 10.6 Å². The van der Waals surface area contributed by atoms with E-state index >= 15 is 0 Å². The molecule has 0 bridgehead atoms. The summed E-state index contributed by atoms with van der Waals surface area (Å²) in [7, 11) is 1.15. The Labute approximate surface area is 104 Å². The van der Waals surface area contributed by atoms with Gasteiger partial charge in [-0.15, -0.1) is 0 Å². The van der Waals surface area contributed by atoms with Gasteiger partial charge in [0.15, 0.2) is 0 Å². The molecule has 0 aromatic carbocycles. The van der Waals surface area contributed by atoms with E-state index in [0.717, 1.165) is 7.11 Å². The zero-order chi connectivity index (χ0) is 13.5. The Morgan fingerprint density at radius 3 is 2.78 bits per heavy atom. The predicted octanol–water partition coefficient (Wildman–Crippen LogP) is -1.89. The predicted molar refractivity (Wildman–Crippen MR) is 58.8 cm³/mol. The second-order valence-corrected chi connectivity index (χ2v) is 3.74. The first kappa shape index (κ1) is 14.4. The molecule has 1 aliphatic rings. The lowest BCUT2D eigenvalue weighted by molar-refractivity contribution is -0.150. The van der Waals surface area contributed by atoms with Crippen LogP contribution in [0.4, 0.5) is 0 Å². The van der Waals surface area contributed by atoms with E-state index in [1.807, 2.05) is 0 Å². The third-order valence-corrected chi connectivity index (χ3v) is 2.43. The average molecular weight is 260 g/mol. The molecule has 2 atom stereocenters. The summed E-state index contributed by atoms with van der Waals surface area (Å²) in [5.74, 6) is -2.55. The molecule has 1 aliphatic heterocycles. The van der Waals surface area contributed by atoms with Gasteiger partial charge in [0.25, 0.3) is 5.91 Å². The molecule has 0 saturated carbocycles. The summed E-state index contributed by atoms with van der Waals surface area (Å²) in [4.78, 5) is 33.6. The molecular weight excluding hydrogens is 244 g/mol. The summed E-state index contributed by atoms with van der Waals surface area (Å²) in [6.07, 6.45) is -1.16. The summed E-state index contributed by atoms with van der Waals surface area (Å²) < 4.78 is 9.53. The van der Waals surface area contributed by atoms with Crippen molar-refractivity contribution in [2.24, 2.45) is 0 Å². The van der Waals surface area contributed by atoms with Gasteiger partial charge in [-0.25, -0.2) is 4.79 Å². The van der Waals surface area contributed by atoms with Crippen LogP contribution in [-0.2, 0) is 23.9 Å². The van der Waals surface area contributed by atoms with Gasteiger partial charge in [-0.2, -0.15) is 0 Å². The number of morpholine rings is 1. The number of esters is 1. The van der Waals surface area contributed by atoms with Crippen LogP contribution in [0.1, 0.15) is 6.42 Å². The van der Waals surface area contributed by atoms with Gasteiger partial charge in [0.1, 0.15) is 12.1 Å². The highest BCUT2D eigenvalue weighted by atomic mass is 16.5. The Bertz CT molecular complexity index is 326. The monoisotopic (exact) mass is 260 g/mol. The Morgan fingerprint density at radius 1 is 1.56 bits per heavy atom. The summed E-state index contributed by atoms with van der Waals surface area (Å²) in [5, 5.41) is 14.1. The van der Waals surface area contributed by atoms with Crippen molar-refractivity contribution < 1.29 is 29.0 Å². The third kappa shape index (κ3) is 4.30. The van der Waals surface area contributed by atoms with Gasteiger partial charge >= 0.3 is 11.9 Å². The van der Waals surface area contributed by atoms with Crippen molar-refractivity contribution in [2.75, 3.05) is 26.8 Å². The maximum absolute atomic E-state index is 11.7. The highest BCUT2D eigenvalue weighted by Gasteiger charge is 2.28. The second-order valence-electron chi connectivity index (χ2n) is 3.74. The van der Waals surface area contributed by atoms with Gasteiger partial charge in [0, 0.05) is 13.1 Å². The number of methoxy groups -OCH3 is 1. The first-order chi connectivity index (χ1) is 8.54. The van der Waals surface area contributed by atoms with Crippen LogP contribution in [0.2, 0.25) is 0 Å². The molecule has 3 N–H and O–H groups in total. The maximum atomic E-state index is 11.7. The molecule has 1 fully saturated rings. The molecule has 1 heterocycles. The number of carboxylic acid groups (broad SMARTS) is 1. The molecule has 1 rings (SSSR count). The zero-order valence-electron chi connectivity index (χ0n) is 9.97. The summed E-state index contributed by atoms with van der Waals surface area (Å²) in [5.41, 5.74) is 0. The van der Waals surface area contributed by atoms with Crippen LogP contribution in [0.5, 0.6) is 0 Å². The Balaban J connectivity index is 2.51. The van der Waals surface area contributed by atoms with Crippen molar-refractivity contribution in [3.63, 3.8) is 0 Å². The highest BCUT2D eigenvalue weighted by molar-refractivity contribution is 5.89. The smallest absolute Gasteiger partial charge is 0.326 e. The lowest BCUT2D eigenvalue weighted by atomic mass is 10.2. The standard InChI is InChI=1S/C10H16N2O6/c1-17-8(13)4-6(10(15)16)12-9(14)7-5-11-2-3-18-7/h6-7,11H,2-5H2,1H3,(H,12,14)(H,15,16)/t6-,7?/m0/s1. The number of hydrogen-bond acceptors (Lipinski definition) is 6. The van der Waals surface area contributed by atoms with Crippen LogP contribution in [-0.4, -0.2) is 61.9 Å². The topological polar surface area (TPSA) is 114 Å². The largest absolute Gasteiger partial charge is 0.480 e. The Morgan fingerprint density at radius 2 is 2.28 bits per heavy atom. The van der Waals surface area contributed by atoms with Crippen LogP contribution in [0.25, 0.3) is 0 Å². The van der Waals surface area contributed by atoms with Crippen LogP contribution in [0, 0.1) is 0 Å². The van der Waals surface area contributed by atoms with Gasteiger partial charge < -0.3 is 25.2 Å². The molecule has 0 radical (unpaired) electrons. The molecule has 1 saturated heterocycles. The van der Waals surface area contributed by atoms with Gasteiger partial charge in [-0.3, -0.25) is 9.59 Å². The van der Waals surface area contributed by atoms with Crippen molar-refractivity contribution in [2.45, 2.75) is 18.6 Å². The SMILES string of the molecule is COC(=O)C[C@H](NC(=O)C1CNCCO1)C(=O)O. The van der Waals surface area contributed by atoms with Crippen molar-refractivity contribution in [3.8, 4) is 0 Å². The molecule has 18 heavy (non-hydrogen) atoms. The lowest BCUT2D eigenvalue weighted by Gasteiger charge is -2.24. The highest BCUT2D eigenvalue weighted by Crippen LogP contribution is 2.00. The van der Waals surface area contributed by atoms with E-state index in [-0.39, 0.29) is 0 Å². The molecule has 102 valence electrons. The van der Waals surface area contributed by atoms with Crippen LogP contribution in [0.3, 0.4) is 0 Å². The number of amides is 1. The van der Waals surface area contributed by atoms with E-state index in [2.05, 4.69) is 15.4 Å². The van der Waals surface area contributed by atoms with Crippen molar-refractivity contribution in [3.05, 3.63) is 0 Å². The molecule has 1 amide bonds. The molecule has 0 aromatic heterocycles. The molecule has 8 heteroatoms. The number of carboxylic acids is 1. The molecule has 0 aromatic rings. The number of carbonyl (C=O) groups is 3. The van der Waals surface area contributed by atoms with Crippen molar-refractivity contribution in [1.29, 1.82) is 0 Å². The maximum Gasteiger partial charge on any atom is 0.326 e. The number of aliphatic carboxylic acids is 1. The van der Waals surface area contributed by atoms with Gasteiger partial charge in [-0.05, 0) is 0 Å². The van der Waals surface area contributed by atoms with Gasteiger partial charge in [0.05, 0.1) is 20.1 Å². The number of nitrogens with one attached hydrogen (secondary N) is 2. The fourth-order valence-electron chi connectivity index (χ4n) is 1.45. The average Bonchev–Trinajstić information content (AvgIpc) is 2.38. The first-order valence-corrected chi connectivity index (χ1v) is 5.47. The minimum atomic E-state index is -1.31. The number of rotatable bonds is 5. The van der Waals surface area contributed by atoms with E-state index in [9.17, 15) is 14.4 Å². The van der Waals surface area contributed by atoms with E-state index < -0.39 is 36.4 Å². The lowest BCUT2D eigenvalue weighted by Crippen LogP contribution is -2.52. The molecular formula is C10H16N2O6. The second kappa shape index (κ2) is 6.92. The Hall–Kier alpha value is -1.67. The van der Waals surface area contributed by atoms with Gasteiger partial charge in [0.2, 0.25) is 0 Å². The zero-order valence-corrected chi connectivity index (χ0v) is 9.97. The van der Waals surface area contributed by atoms with Crippen LogP contribution in [0.15, 0.2) is 0 Å². The van der Waals surface area contributed by atoms with Crippen molar-refractivity contribution >= 4 is 17.8 Å². The van der Waals surface area contributed by atoms with Crippen LogP contribution >= 0.6 is 0 Å². The Kier molecular flexibility index (Phi) is 5.53. The van der Waals surface area contributed by atoms with Crippen molar-refractivity contribution in [1.82, 2.24) is 10.6 Å². The number of ether oxygens (including phenoxy) is 2. The molecule has 0 spiro atoms. The van der Waals surface area contributed by atoms with E-state index in [1.54, 1.807) is 0 Å². The summed E-state index contributed by atoms with van der Waals surface area (Å²) >= 11 is 0. The molecule has 8 nitrogen and oxygen atoms in total. The number of hydrogen-bond donors (Lipinski definition) is 3. The van der Waals surface area contributed by atoms with E-state index in [0.29, 0.717) is 19.7 Å². The summed E-state index contributed by atoms with van der Waals surface area (Å²) in [6.45, 7) is 1.34. The van der Waals surface area contributed by atoms with Gasteiger partial charge in [-0.1, -0.05) is 0 Å².